The molecule has 0 spiro atoms. The summed E-state index contributed by atoms with van der Waals surface area (Å²) in [4.78, 5) is 16.5. The number of thiazole rings is 1. The summed E-state index contributed by atoms with van der Waals surface area (Å²) in [6.45, 7) is 6.06. The Balaban J connectivity index is 1.53. The number of nitrogens with zero attached hydrogens (tertiary/aromatic N) is 2. The van der Waals surface area contributed by atoms with E-state index < -0.39 is 0 Å². The van der Waals surface area contributed by atoms with E-state index in [0.717, 1.165) is 50.1 Å². The van der Waals surface area contributed by atoms with Gasteiger partial charge in [0.2, 0.25) is 5.91 Å². The number of aromatic nitrogens is 2. The Morgan fingerprint density at radius 1 is 1.42 bits per heavy atom. The van der Waals surface area contributed by atoms with Crippen LogP contribution in [0.5, 0.6) is 0 Å². The molecule has 24 heavy (non-hydrogen) atoms. The lowest BCUT2D eigenvalue weighted by atomic mass is 10.2. The largest absolute Gasteiger partial charge is 0.376 e. The maximum Gasteiger partial charge on any atom is 0.229 e. The van der Waals surface area contributed by atoms with Crippen molar-refractivity contribution in [2.45, 2.75) is 52.2 Å². The number of nitrogens with one attached hydrogen (secondary N) is 1. The number of carbonyl (C=O) groups is 1. The van der Waals surface area contributed by atoms with E-state index in [1.165, 1.54) is 22.7 Å². The first-order valence-electron chi connectivity index (χ1n) is 8.67. The molecule has 0 radical (unpaired) electrons. The van der Waals surface area contributed by atoms with Gasteiger partial charge < -0.3 is 14.6 Å². The molecule has 6 heteroatoms. The van der Waals surface area contributed by atoms with Gasteiger partial charge in [-0.25, -0.2) is 4.98 Å². The molecule has 128 valence electrons. The summed E-state index contributed by atoms with van der Waals surface area (Å²) in [6.07, 6.45) is 4.64. The Kier molecular flexibility index (Phi) is 4.18. The lowest BCUT2D eigenvalue weighted by molar-refractivity contribution is -0.117. The predicted octanol–water partition coefficient (Wildman–Crippen LogP) is 3.76. The molecular formula is C18H23N3O2S. The monoisotopic (exact) mass is 345 g/mol. The van der Waals surface area contributed by atoms with Crippen LogP contribution >= 0.6 is 11.3 Å². The molecule has 5 nitrogen and oxygen atoms in total. The molecule has 3 heterocycles. The highest BCUT2D eigenvalue weighted by Gasteiger charge is 2.30. The van der Waals surface area contributed by atoms with E-state index >= 15 is 0 Å². The van der Waals surface area contributed by atoms with Crippen LogP contribution in [0.25, 0.3) is 11.3 Å². The van der Waals surface area contributed by atoms with Gasteiger partial charge in [0, 0.05) is 41.4 Å². The van der Waals surface area contributed by atoms with Crippen LogP contribution in [-0.2, 0) is 16.1 Å². The molecule has 4 rings (SSSR count). The first-order chi connectivity index (χ1) is 11.6. The molecule has 2 fully saturated rings. The Hall–Kier alpha value is -1.66. The number of hydrogen-bond donors (Lipinski definition) is 1. The van der Waals surface area contributed by atoms with Gasteiger partial charge in [-0.15, -0.1) is 11.3 Å². The molecule has 1 unspecified atom stereocenters. The molecule has 1 aliphatic carbocycles. The van der Waals surface area contributed by atoms with E-state index in [0.29, 0.717) is 11.2 Å². The molecule has 2 aliphatic rings. The quantitative estimate of drug-likeness (QED) is 0.898. The van der Waals surface area contributed by atoms with Gasteiger partial charge in [0.15, 0.2) is 5.13 Å². The number of amides is 1. The maximum absolute atomic E-state index is 11.9. The van der Waals surface area contributed by atoms with Gasteiger partial charge in [-0.3, -0.25) is 4.79 Å². The predicted molar refractivity (Wildman–Crippen MR) is 95.3 cm³/mol. The Labute approximate surface area is 146 Å². The fourth-order valence-corrected chi connectivity index (χ4v) is 4.05. The van der Waals surface area contributed by atoms with Gasteiger partial charge in [-0.2, -0.15) is 0 Å². The van der Waals surface area contributed by atoms with Crippen molar-refractivity contribution in [1.82, 2.24) is 9.55 Å². The van der Waals surface area contributed by atoms with Gasteiger partial charge in [0.25, 0.3) is 0 Å². The van der Waals surface area contributed by atoms with Gasteiger partial charge >= 0.3 is 0 Å². The fraction of sp³-hybridized carbons (Fsp3) is 0.556. The average Bonchev–Trinajstić information content (AvgIpc) is 2.98. The molecule has 0 aromatic carbocycles. The average molecular weight is 345 g/mol. The van der Waals surface area contributed by atoms with Crippen LogP contribution in [0.3, 0.4) is 0 Å². The molecule has 1 amide bonds. The lowest BCUT2D eigenvalue weighted by Gasteiger charge is -2.14. The second kappa shape index (κ2) is 6.33. The molecule has 1 N–H and O–H groups in total. The van der Waals surface area contributed by atoms with Gasteiger partial charge in [-0.1, -0.05) is 0 Å². The first kappa shape index (κ1) is 15.8. The van der Waals surface area contributed by atoms with Crippen LogP contribution in [0.1, 0.15) is 37.1 Å². The summed E-state index contributed by atoms with van der Waals surface area (Å²) >= 11 is 1.50. The van der Waals surface area contributed by atoms with Crippen LogP contribution in [0, 0.1) is 19.8 Å². The van der Waals surface area contributed by atoms with Crippen molar-refractivity contribution in [1.29, 1.82) is 0 Å². The van der Waals surface area contributed by atoms with Crippen molar-refractivity contribution < 1.29 is 9.53 Å². The van der Waals surface area contributed by atoms with Crippen LogP contribution in [0.4, 0.5) is 5.13 Å². The minimum atomic E-state index is 0.111. The number of carbonyl (C=O) groups excluding carboxylic acids is 1. The minimum absolute atomic E-state index is 0.111. The SMILES string of the molecule is Cc1cc(-c2csc(NC(=O)C3CC3)n2)c(C)n1CC1CCCO1. The van der Waals surface area contributed by atoms with Gasteiger partial charge in [0.1, 0.15) is 0 Å². The van der Waals surface area contributed by atoms with Crippen LogP contribution in [0.2, 0.25) is 0 Å². The highest BCUT2D eigenvalue weighted by Crippen LogP contribution is 2.33. The summed E-state index contributed by atoms with van der Waals surface area (Å²) in [6, 6.07) is 2.19. The number of anilines is 1. The number of rotatable bonds is 5. The molecule has 0 bridgehead atoms. The summed E-state index contributed by atoms with van der Waals surface area (Å²) in [5, 5.41) is 5.66. The van der Waals surface area contributed by atoms with Crippen LogP contribution in [-0.4, -0.2) is 28.2 Å². The molecule has 1 atom stereocenters. The first-order valence-corrected chi connectivity index (χ1v) is 9.55. The third-order valence-corrected chi connectivity index (χ3v) is 5.70. The standard InChI is InChI=1S/C18H23N3O2S/c1-11-8-15(12(2)21(11)9-14-4-3-7-23-14)16-10-24-18(19-16)20-17(22)13-5-6-13/h8,10,13-14H,3-7,9H2,1-2H3,(H,19,20,22). The van der Waals surface area contributed by atoms with Crippen molar-refractivity contribution >= 4 is 22.4 Å². The van der Waals surface area contributed by atoms with Crippen molar-refractivity contribution in [2.75, 3.05) is 11.9 Å². The normalized spacial score (nSPS) is 20.5. The van der Waals surface area contributed by atoms with Gasteiger partial charge in [-0.05, 0) is 45.6 Å². The molecule has 2 aromatic heterocycles. The van der Waals surface area contributed by atoms with E-state index in [9.17, 15) is 4.79 Å². The summed E-state index contributed by atoms with van der Waals surface area (Å²) < 4.78 is 8.10. The summed E-state index contributed by atoms with van der Waals surface area (Å²) in [5.41, 5.74) is 4.54. The Bertz CT molecular complexity index is 754. The highest BCUT2D eigenvalue weighted by molar-refractivity contribution is 7.14. The fourth-order valence-electron chi connectivity index (χ4n) is 3.34. The van der Waals surface area contributed by atoms with Crippen molar-refractivity contribution in [3.63, 3.8) is 0 Å². The Morgan fingerprint density at radius 2 is 2.25 bits per heavy atom. The van der Waals surface area contributed by atoms with E-state index in [1.807, 2.05) is 5.38 Å². The summed E-state index contributed by atoms with van der Waals surface area (Å²) in [5.74, 6) is 0.314. The second-order valence-electron chi connectivity index (χ2n) is 6.83. The Morgan fingerprint density at radius 3 is 2.96 bits per heavy atom. The smallest absolute Gasteiger partial charge is 0.229 e. The lowest BCUT2D eigenvalue weighted by Crippen LogP contribution is -2.16. The third-order valence-electron chi connectivity index (χ3n) is 4.94. The highest BCUT2D eigenvalue weighted by atomic mass is 32.1. The zero-order chi connectivity index (χ0) is 16.7. The van der Waals surface area contributed by atoms with Crippen LogP contribution in [0.15, 0.2) is 11.4 Å². The number of hydrogen-bond acceptors (Lipinski definition) is 4. The zero-order valence-electron chi connectivity index (χ0n) is 14.2. The van der Waals surface area contributed by atoms with E-state index in [4.69, 9.17) is 4.74 Å². The molecule has 1 saturated carbocycles. The topological polar surface area (TPSA) is 56.2 Å². The zero-order valence-corrected chi connectivity index (χ0v) is 15.0. The molecule has 1 saturated heterocycles. The maximum atomic E-state index is 11.9. The van der Waals surface area contributed by atoms with Crippen molar-refractivity contribution in [3.05, 3.63) is 22.8 Å². The van der Waals surface area contributed by atoms with Crippen molar-refractivity contribution in [3.8, 4) is 11.3 Å². The number of aryl methyl sites for hydroxylation is 1. The number of ether oxygens (including phenoxy) is 1. The van der Waals surface area contributed by atoms with Crippen LogP contribution < -0.4 is 5.32 Å². The molecular weight excluding hydrogens is 322 g/mol. The van der Waals surface area contributed by atoms with Gasteiger partial charge in [0.05, 0.1) is 11.8 Å². The van der Waals surface area contributed by atoms with E-state index in [2.05, 4.69) is 34.8 Å². The molecule has 1 aliphatic heterocycles. The molecule has 2 aromatic rings. The second-order valence-corrected chi connectivity index (χ2v) is 7.69. The van der Waals surface area contributed by atoms with Crippen molar-refractivity contribution in [2.24, 2.45) is 5.92 Å². The summed E-state index contributed by atoms with van der Waals surface area (Å²) in [7, 11) is 0. The minimum Gasteiger partial charge on any atom is -0.376 e. The van der Waals surface area contributed by atoms with E-state index in [1.54, 1.807) is 0 Å². The third kappa shape index (κ3) is 3.13. The van der Waals surface area contributed by atoms with E-state index in [-0.39, 0.29) is 11.8 Å².